The first kappa shape index (κ1) is 17.9. The van der Waals surface area contributed by atoms with Crippen LogP contribution in [0.1, 0.15) is 30.0 Å². The minimum absolute atomic E-state index is 0.0825. The zero-order valence-corrected chi connectivity index (χ0v) is 15.0. The summed E-state index contributed by atoms with van der Waals surface area (Å²) in [5.74, 6) is 0.114. The lowest BCUT2D eigenvalue weighted by molar-refractivity contribution is -0.129. The average Bonchev–Trinajstić information content (AvgIpc) is 3.44. The number of carbonyl (C=O) groups excluding carboxylic acids is 1. The van der Waals surface area contributed by atoms with E-state index >= 15 is 0 Å². The molecule has 0 spiro atoms. The van der Waals surface area contributed by atoms with Crippen LogP contribution in [0.2, 0.25) is 5.02 Å². The number of amides is 1. The highest BCUT2D eigenvalue weighted by Crippen LogP contribution is 2.40. The van der Waals surface area contributed by atoms with E-state index in [0.717, 1.165) is 0 Å². The smallest absolute Gasteiger partial charge is 0.236 e. The number of nitrogens with zero attached hydrogens (tertiary/aromatic N) is 1. The van der Waals surface area contributed by atoms with E-state index < -0.39 is 0 Å². The Bertz CT molecular complexity index is 713. The molecule has 1 N–H and O–H groups in total. The second kappa shape index (κ2) is 7.98. The largest absolute Gasteiger partial charge is 0.340 e. The van der Waals surface area contributed by atoms with Gasteiger partial charge in [0.25, 0.3) is 0 Å². The van der Waals surface area contributed by atoms with Crippen molar-refractivity contribution in [3.05, 3.63) is 70.5 Å². The average molecular weight is 361 g/mol. The second-order valence-corrected chi connectivity index (χ2v) is 6.96. The SMILES string of the molecule is CN(Cc1c(F)cccc1Cl)C(=O)CNC(c1ccccc1)C1CC1. The Morgan fingerprint density at radius 1 is 1.24 bits per heavy atom. The van der Waals surface area contributed by atoms with Gasteiger partial charge in [0.2, 0.25) is 5.91 Å². The van der Waals surface area contributed by atoms with Crippen molar-refractivity contribution in [2.45, 2.75) is 25.4 Å². The molecule has 1 saturated carbocycles. The molecule has 1 atom stereocenters. The molecule has 1 amide bonds. The number of rotatable bonds is 7. The summed E-state index contributed by atoms with van der Waals surface area (Å²) in [6, 6.07) is 14.9. The molecule has 0 heterocycles. The summed E-state index contributed by atoms with van der Waals surface area (Å²) in [7, 11) is 1.67. The molecule has 1 aliphatic carbocycles. The highest BCUT2D eigenvalue weighted by atomic mass is 35.5. The van der Waals surface area contributed by atoms with Crippen LogP contribution in [0.4, 0.5) is 4.39 Å². The maximum Gasteiger partial charge on any atom is 0.236 e. The number of likely N-dealkylation sites (N-methyl/N-ethyl adjacent to an activating group) is 1. The third-order valence-corrected chi connectivity index (χ3v) is 4.96. The van der Waals surface area contributed by atoms with Gasteiger partial charge in [0, 0.05) is 30.2 Å². The normalized spacial score (nSPS) is 15.0. The number of hydrogen-bond acceptors (Lipinski definition) is 2. The van der Waals surface area contributed by atoms with Crippen LogP contribution in [0.5, 0.6) is 0 Å². The van der Waals surface area contributed by atoms with Crippen molar-refractivity contribution in [2.75, 3.05) is 13.6 Å². The van der Waals surface area contributed by atoms with Gasteiger partial charge in [-0.1, -0.05) is 48.0 Å². The van der Waals surface area contributed by atoms with E-state index in [4.69, 9.17) is 11.6 Å². The van der Waals surface area contributed by atoms with Gasteiger partial charge in [-0.05, 0) is 36.5 Å². The molecule has 0 bridgehead atoms. The molecule has 0 aliphatic heterocycles. The molecule has 1 aliphatic rings. The summed E-state index contributed by atoms with van der Waals surface area (Å²) >= 11 is 6.04. The standard InChI is InChI=1S/C20H22ClFN2O/c1-24(13-16-17(21)8-5-9-18(16)22)19(25)12-23-20(15-10-11-15)14-6-3-2-4-7-14/h2-9,15,20,23H,10-13H2,1H3. The van der Waals surface area contributed by atoms with E-state index in [2.05, 4.69) is 17.4 Å². The third-order valence-electron chi connectivity index (χ3n) is 4.61. The van der Waals surface area contributed by atoms with E-state index in [1.165, 1.54) is 29.4 Å². The van der Waals surface area contributed by atoms with Gasteiger partial charge in [0.05, 0.1) is 6.54 Å². The molecule has 5 heteroatoms. The van der Waals surface area contributed by atoms with Crippen molar-refractivity contribution in [3.8, 4) is 0 Å². The molecule has 1 unspecified atom stereocenters. The van der Waals surface area contributed by atoms with Crippen molar-refractivity contribution in [3.63, 3.8) is 0 Å². The van der Waals surface area contributed by atoms with E-state index in [0.29, 0.717) is 16.5 Å². The predicted octanol–water partition coefficient (Wildman–Crippen LogP) is 4.18. The highest BCUT2D eigenvalue weighted by molar-refractivity contribution is 6.31. The fourth-order valence-corrected chi connectivity index (χ4v) is 3.21. The molecule has 0 saturated heterocycles. The van der Waals surface area contributed by atoms with Crippen molar-refractivity contribution in [2.24, 2.45) is 5.92 Å². The molecule has 1 fully saturated rings. The molecule has 132 valence electrons. The van der Waals surface area contributed by atoms with Crippen molar-refractivity contribution < 1.29 is 9.18 Å². The molecule has 3 nitrogen and oxygen atoms in total. The molecular formula is C20H22ClFN2O. The Labute approximate surface area is 152 Å². The van der Waals surface area contributed by atoms with Crippen LogP contribution in [0.15, 0.2) is 48.5 Å². The van der Waals surface area contributed by atoms with Gasteiger partial charge >= 0.3 is 0 Å². The fourth-order valence-electron chi connectivity index (χ4n) is 2.99. The highest BCUT2D eigenvalue weighted by Gasteiger charge is 2.32. The van der Waals surface area contributed by atoms with E-state index in [9.17, 15) is 9.18 Å². The number of nitrogens with one attached hydrogen (secondary N) is 1. The van der Waals surface area contributed by atoms with Crippen LogP contribution in [-0.4, -0.2) is 24.4 Å². The quantitative estimate of drug-likeness (QED) is 0.803. The maximum absolute atomic E-state index is 13.9. The summed E-state index contributed by atoms with van der Waals surface area (Å²) in [5, 5.41) is 3.72. The molecule has 2 aromatic rings. The van der Waals surface area contributed by atoms with Crippen LogP contribution in [0.3, 0.4) is 0 Å². The van der Waals surface area contributed by atoms with Gasteiger partial charge in [0.1, 0.15) is 5.82 Å². The second-order valence-electron chi connectivity index (χ2n) is 6.56. The third kappa shape index (κ3) is 4.59. The monoisotopic (exact) mass is 360 g/mol. The minimum atomic E-state index is -0.389. The summed E-state index contributed by atoms with van der Waals surface area (Å²) in [5.41, 5.74) is 1.56. The Kier molecular flexibility index (Phi) is 5.71. The van der Waals surface area contributed by atoms with Gasteiger partial charge in [-0.2, -0.15) is 0 Å². The Morgan fingerprint density at radius 3 is 2.60 bits per heavy atom. The van der Waals surface area contributed by atoms with E-state index in [1.54, 1.807) is 19.2 Å². The van der Waals surface area contributed by atoms with Gasteiger partial charge in [-0.3, -0.25) is 4.79 Å². The van der Waals surface area contributed by atoms with Gasteiger partial charge in [0.15, 0.2) is 0 Å². The van der Waals surface area contributed by atoms with Crippen LogP contribution in [0, 0.1) is 11.7 Å². The van der Waals surface area contributed by atoms with Crippen molar-refractivity contribution in [1.82, 2.24) is 10.2 Å². The zero-order valence-electron chi connectivity index (χ0n) is 14.2. The first-order chi connectivity index (χ1) is 12.1. The van der Waals surface area contributed by atoms with Gasteiger partial charge < -0.3 is 10.2 Å². The molecular weight excluding hydrogens is 339 g/mol. The van der Waals surface area contributed by atoms with Gasteiger partial charge in [-0.15, -0.1) is 0 Å². The first-order valence-corrected chi connectivity index (χ1v) is 8.89. The minimum Gasteiger partial charge on any atom is -0.340 e. The Balaban J connectivity index is 1.59. The lowest BCUT2D eigenvalue weighted by Crippen LogP contribution is -2.37. The molecule has 3 rings (SSSR count). The zero-order chi connectivity index (χ0) is 17.8. The van der Waals surface area contributed by atoms with Crippen molar-refractivity contribution in [1.29, 1.82) is 0 Å². The van der Waals surface area contributed by atoms with Crippen LogP contribution in [0.25, 0.3) is 0 Å². The number of carbonyl (C=O) groups is 1. The summed E-state index contributed by atoms with van der Waals surface area (Å²) in [6.45, 7) is 0.379. The fraction of sp³-hybridized carbons (Fsp3) is 0.350. The number of halogens is 2. The van der Waals surface area contributed by atoms with Gasteiger partial charge in [-0.25, -0.2) is 4.39 Å². The van der Waals surface area contributed by atoms with Crippen molar-refractivity contribution >= 4 is 17.5 Å². The molecule has 25 heavy (non-hydrogen) atoms. The number of benzene rings is 2. The number of hydrogen-bond donors (Lipinski definition) is 1. The maximum atomic E-state index is 13.9. The lowest BCUT2D eigenvalue weighted by atomic mass is 10.0. The van der Waals surface area contributed by atoms with Crippen LogP contribution in [-0.2, 0) is 11.3 Å². The van der Waals surface area contributed by atoms with E-state index in [-0.39, 0.29) is 30.9 Å². The molecule has 2 aromatic carbocycles. The Morgan fingerprint density at radius 2 is 1.96 bits per heavy atom. The van der Waals surface area contributed by atoms with Crippen LogP contribution >= 0.6 is 11.6 Å². The molecule has 0 aromatic heterocycles. The molecule has 0 radical (unpaired) electrons. The Hall–Kier alpha value is -1.91. The summed E-state index contributed by atoms with van der Waals surface area (Å²) < 4.78 is 13.9. The first-order valence-electron chi connectivity index (χ1n) is 8.51. The topological polar surface area (TPSA) is 32.3 Å². The summed E-state index contributed by atoms with van der Waals surface area (Å²) in [6.07, 6.45) is 2.36. The van der Waals surface area contributed by atoms with Crippen LogP contribution < -0.4 is 5.32 Å². The summed E-state index contributed by atoms with van der Waals surface area (Å²) in [4.78, 5) is 14.0. The lowest BCUT2D eigenvalue weighted by Gasteiger charge is -2.22. The predicted molar refractivity (Wildman–Crippen MR) is 97.8 cm³/mol. The van der Waals surface area contributed by atoms with E-state index in [1.807, 2.05) is 18.2 Å².